The maximum absolute atomic E-state index is 11.6. The fourth-order valence-electron chi connectivity index (χ4n) is 3.30. The van der Waals surface area contributed by atoms with Crippen LogP contribution in [0.15, 0.2) is 61.6 Å². The Bertz CT molecular complexity index is 1170. The molecular weight excluding hydrogens is 406 g/mol. The molecule has 4 rings (SSSR count). The summed E-state index contributed by atoms with van der Waals surface area (Å²) in [7, 11) is 3.93. The van der Waals surface area contributed by atoms with Crippen LogP contribution < -0.4 is 15.4 Å². The third-order valence-corrected chi connectivity index (χ3v) is 4.97. The van der Waals surface area contributed by atoms with Gasteiger partial charge in [-0.15, -0.1) is 0 Å². The Labute approximate surface area is 186 Å². The lowest BCUT2D eigenvalue weighted by atomic mass is 10.0. The molecule has 0 unspecified atom stereocenters. The Hall–Kier alpha value is -3.98. The van der Waals surface area contributed by atoms with Crippen molar-refractivity contribution >= 4 is 28.8 Å². The molecule has 1 aliphatic heterocycles. The highest BCUT2D eigenvalue weighted by Gasteiger charge is 2.18. The lowest BCUT2D eigenvalue weighted by molar-refractivity contribution is -0.111. The minimum Gasteiger partial charge on any atom is -0.438 e. The molecule has 0 fully saturated rings. The van der Waals surface area contributed by atoms with Gasteiger partial charge < -0.3 is 20.3 Å². The van der Waals surface area contributed by atoms with E-state index in [1.807, 2.05) is 19.3 Å². The molecule has 32 heavy (non-hydrogen) atoms. The second kappa shape index (κ2) is 9.44. The Morgan fingerprint density at radius 2 is 2.12 bits per heavy atom. The van der Waals surface area contributed by atoms with Crippen molar-refractivity contribution in [2.24, 2.45) is 7.05 Å². The average molecular weight is 432 g/mol. The summed E-state index contributed by atoms with van der Waals surface area (Å²) >= 11 is 0. The predicted molar refractivity (Wildman–Crippen MR) is 124 cm³/mol. The second-order valence-corrected chi connectivity index (χ2v) is 7.50. The standard InChI is InChI=1S/C23H25N7O2/c1-4-21(31)26-17-6-5-7-19(12-17)32-22-20(16-8-10-29(2)11-9-16)14-24-23(28-22)27-18-13-25-30(3)15-18/h4-8,12-15H,1,9-11H2,2-3H3,(H,26,31)(H,24,27,28). The van der Waals surface area contributed by atoms with Gasteiger partial charge in [-0.1, -0.05) is 18.7 Å². The lowest BCUT2D eigenvalue weighted by Crippen LogP contribution is -2.23. The highest BCUT2D eigenvalue weighted by molar-refractivity contribution is 5.98. The number of rotatable bonds is 7. The van der Waals surface area contributed by atoms with Gasteiger partial charge in [0.15, 0.2) is 0 Å². The first-order valence-electron chi connectivity index (χ1n) is 10.2. The van der Waals surface area contributed by atoms with Crippen LogP contribution in [0.3, 0.4) is 0 Å². The monoisotopic (exact) mass is 431 g/mol. The molecule has 1 aromatic carbocycles. The molecule has 2 N–H and O–H groups in total. The molecule has 3 aromatic rings. The number of hydrogen-bond donors (Lipinski definition) is 2. The minimum absolute atomic E-state index is 0.288. The maximum atomic E-state index is 11.6. The number of aromatic nitrogens is 4. The number of ether oxygens (including phenoxy) is 1. The summed E-state index contributed by atoms with van der Waals surface area (Å²) in [4.78, 5) is 23.0. The average Bonchev–Trinajstić information content (AvgIpc) is 3.19. The number of hydrogen-bond acceptors (Lipinski definition) is 7. The van der Waals surface area contributed by atoms with Crippen LogP contribution in [0.2, 0.25) is 0 Å². The largest absolute Gasteiger partial charge is 0.438 e. The van der Waals surface area contributed by atoms with Crippen molar-refractivity contribution in [3.05, 3.63) is 67.2 Å². The number of amides is 1. The molecular formula is C23H25N7O2. The van der Waals surface area contributed by atoms with E-state index < -0.39 is 0 Å². The van der Waals surface area contributed by atoms with Crippen LogP contribution in [0.1, 0.15) is 12.0 Å². The van der Waals surface area contributed by atoms with Crippen molar-refractivity contribution < 1.29 is 9.53 Å². The summed E-state index contributed by atoms with van der Waals surface area (Å²) in [6.07, 6.45) is 9.58. The highest BCUT2D eigenvalue weighted by atomic mass is 16.5. The van der Waals surface area contributed by atoms with Crippen LogP contribution in [0.5, 0.6) is 11.6 Å². The first-order valence-corrected chi connectivity index (χ1v) is 10.2. The summed E-state index contributed by atoms with van der Waals surface area (Å²) in [6, 6.07) is 7.14. The normalized spacial score (nSPS) is 13.9. The Balaban J connectivity index is 1.65. The van der Waals surface area contributed by atoms with Crippen LogP contribution in [-0.2, 0) is 11.8 Å². The van der Waals surface area contributed by atoms with Crippen molar-refractivity contribution in [3.8, 4) is 11.6 Å². The van der Waals surface area contributed by atoms with E-state index in [4.69, 9.17) is 4.74 Å². The van der Waals surface area contributed by atoms with E-state index in [0.29, 0.717) is 23.3 Å². The van der Waals surface area contributed by atoms with Crippen LogP contribution >= 0.6 is 0 Å². The van der Waals surface area contributed by atoms with E-state index in [2.05, 4.69) is 50.3 Å². The van der Waals surface area contributed by atoms with Crippen molar-refractivity contribution in [3.63, 3.8) is 0 Å². The van der Waals surface area contributed by atoms with Crippen molar-refractivity contribution in [1.82, 2.24) is 24.6 Å². The summed E-state index contributed by atoms with van der Waals surface area (Å²) in [5.74, 6) is 1.10. The number of nitrogens with one attached hydrogen (secondary N) is 2. The van der Waals surface area contributed by atoms with Crippen LogP contribution in [0, 0.1) is 0 Å². The van der Waals surface area contributed by atoms with Crippen molar-refractivity contribution in [1.29, 1.82) is 0 Å². The number of carbonyl (C=O) groups is 1. The third kappa shape index (κ3) is 5.19. The van der Waals surface area contributed by atoms with E-state index >= 15 is 0 Å². The smallest absolute Gasteiger partial charge is 0.247 e. The maximum Gasteiger partial charge on any atom is 0.247 e. The van der Waals surface area contributed by atoms with Crippen molar-refractivity contribution in [2.45, 2.75) is 6.42 Å². The zero-order chi connectivity index (χ0) is 22.5. The fourth-order valence-corrected chi connectivity index (χ4v) is 3.30. The number of anilines is 3. The van der Waals surface area contributed by atoms with Gasteiger partial charge >= 0.3 is 0 Å². The predicted octanol–water partition coefficient (Wildman–Crippen LogP) is 3.59. The van der Waals surface area contributed by atoms with Gasteiger partial charge in [-0.05, 0) is 37.3 Å². The van der Waals surface area contributed by atoms with E-state index in [-0.39, 0.29) is 5.91 Å². The molecule has 2 aromatic heterocycles. The van der Waals surface area contributed by atoms with Gasteiger partial charge in [0.1, 0.15) is 5.75 Å². The molecule has 0 aliphatic carbocycles. The van der Waals surface area contributed by atoms with Gasteiger partial charge in [0.2, 0.25) is 17.7 Å². The van der Waals surface area contributed by atoms with Gasteiger partial charge in [-0.2, -0.15) is 10.1 Å². The summed E-state index contributed by atoms with van der Waals surface area (Å²) in [6.45, 7) is 5.28. The molecule has 1 aliphatic rings. The molecule has 1 amide bonds. The molecule has 0 bridgehead atoms. The molecule has 0 saturated heterocycles. The fraction of sp³-hybridized carbons (Fsp3) is 0.217. The zero-order valence-electron chi connectivity index (χ0n) is 18.1. The van der Waals surface area contributed by atoms with Crippen LogP contribution in [0.25, 0.3) is 5.57 Å². The number of carbonyl (C=O) groups excluding carboxylic acids is 1. The molecule has 164 valence electrons. The van der Waals surface area contributed by atoms with Gasteiger partial charge in [-0.3, -0.25) is 9.48 Å². The molecule has 0 radical (unpaired) electrons. The zero-order valence-corrected chi connectivity index (χ0v) is 18.1. The molecule has 0 saturated carbocycles. The quantitative estimate of drug-likeness (QED) is 0.552. The SMILES string of the molecule is C=CC(=O)Nc1cccc(Oc2nc(Nc3cnn(C)c3)ncc2C2=CCN(C)CC2)c1. The first kappa shape index (κ1) is 21.3. The molecule has 9 nitrogen and oxygen atoms in total. The van der Waals surface area contributed by atoms with Crippen LogP contribution in [-0.4, -0.2) is 50.7 Å². The molecule has 0 atom stereocenters. The topological polar surface area (TPSA) is 97.2 Å². The number of nitrogens with zero attached hydrogens (tertiary/aromatic N) is 5. The van der Waals surface area contributed by atoms with Gasteiger partial charge in [0, 0.05) is 44.3 Å². The summed E-state index contributed by atoms with van der Waals surface area (Å²) in [5.41, 5.74) is 3.37. The minimum atomic E-state index is -0.288. The lowest BCUT2D eigenvalue weighted by Gasteiger charge is -2.23. The summed E-state index contributed by atoms with van der Waals surface area (Å²) in [5, 5.41) is 10.0. The molecule has 0 spiro atoms. The molecule has 3 heterocycles. The first-order chi connectivity index (χ1) is 15.5. The highest BCUT2D eigenvalue weighted by Crippen LogP contribution is 2.33. The number of benzene rings is 1. The molecule has 9 heteroatoms. The Kier molecular flexibility index (Phi) is 6.27. The van der Waals surface area contributed by atoms with Crippen LogP contribution in [0.4, 0.5) is 17.3 Å². The van der Waals surface area contributed by atoms with E-state index in [9.17, 15) is 4.79 Å². The Morgan fingerprint density at radius 1 is 1.25 bits per heavy atom. The number of aryl methyl sites for hydroxylation is 1. The van der Waals surface area contributed by atoms with E-state index in [0.717, 1.165) is 36.3 Å². The van der Waals surface area contributed by atoms with Crippen molar-refractivity contribution in [2.75, 3.05) is 30.8 Å². The summed E-state index contributed by atoms with van der Waals surface area (Å²) < 4.78 is 7.88. The Morgan fingerprint density at radius 3 is 2.84 bits per heavy atom. The van der Waals surface area contributed by atoms with E-state index in [1.165, 1.54) is 6.08 Å². The van der Waals surface area contributed by atoms with E-state index in [1.54, 1.807) is 35.3 Å². The third-order valence-electron chi connectivity index (χ3n) is 4.97. The van der Waals surface area contributed by atoms with Gasteiger partial charge in [-0.25, -0.2) is 4.98 Å². The van der Waals surface area contributed by atoms with Gasteiger partial charge in [0.25, 0.3) is 0 Å². The number of likely N-dealkylation sites (N-methyl/N-ethyl adjacent to an activating group) is 1. The second-order valence-electron chi connectivity index (χ2n) is 7.50. The van der Waals surface area contributed by atoms with Gasteiger partial charge in [0.05, 0.1) is 17.4 Å².